The van der Waals surface area contributed by atoms with Crippen molar-refractivity contribution in [2.24, 2.45) is 0 Å². The van der Waals surface area contributed by atoms with E-state index in [-0.39, 0.29) is 5.58 Å². The van der Waals surface area contributed by atoms with Crippen LogP contribution in [-0.2, 0) is 13.0 Å². The quantitative estimate of drug-likeness (QED) is 0.846. The van der Waals surface area contributed by atoms with Gasteiger partial charge in [-0.25, -0.2) is 4.39 Å². The van der Waals surface area contributed by atoms with Crippen molar-refractivity contribution in [2.75, 3.05) is 0 Å². The van der Waals surface area contributed by atoms with Crippen molar-refractivity contribution in [3.8, 4) is 0 Å². The molecule has 0 unspecified atom stereocenters. The van der Waals surface area contributed by atoms with Crippen LogP contribution in [0.5, 0.6) is 0 Å². The Hall–Kier alpha value is -0.940. The summed E-state index contributed by atoms with van der Waals surface area (Å²) in [7, 11) is 0. The number of aryl methyl sites for hydroxylation is 1. The van der Waals surface area contributed by atoms with Crippen LogP contribution in [0.25, 0.3) is 11.0 Å². The number of hydrogen-bond acceptors (Lipinski definition) is 2. The summed E-state index contributed by atoms with van der Waals surface area (Å²) < 4.78 is 33.3. The molecule has 1 aromatic carbocycles. The monoisotopic (exact) mass is 329 g/mol. The fraction of sp³-hybridized carbons (Fsp3) is 0.429. The third-order valence-electron chi connectivity index (χ3n) is 3.47. The molecular formula is C14H14BrF2NO. The molecule has 1 N–H and O–H groups in total. The van der Waals surface area contributed by atoms with E-state index in [1.807, 2.05) is 6.92 Å². The topological polar surface area (TPSA) is 25.2 Å². The minimum Gasteiger partial charge on any atom is -0.456 e. The SMILES string of the molecule is CCc1c(CNC2CC2)oc2c(F)c(F)cc(Br)c12. The van der Waals surface area contributed by atoms with Crippen molar-refractivity contribution in [3.05, 3.63) is 33.5 Å². The Kier molecular flexibility index (Phi) is 3.35. The number of rotatable bonds is 4. The smallest absolute Gasteiger partial charge is 0.201 e. The molecule has 0 atom stereocenters. The van der Waals surface area contributed by atoms with Crippen LogP contribution in [0.3, 0.4) is 0 Å². The van der Waals surface area contributed by atoms with E-state index in [4.69, 9.17) is 4.42 Å². The maximum absolute atomic E-state index is 13.8. The molecule has 1 aromatic heterocycles. The summed E-state index contributed by atoms with van der Waals surface area (Å²) in [5, 5.41) is 3.98. The highest BCUT2D eigenvalue weighted by molar-refractivity contribution is 9.10. The second-order valence-electron chi connectivity index (χ2n) is 4.87. The number of nitrogens with one attached hydrogen (secondary N) is 1. The lowest BCUT2D eigenvalue weighted by atomic mass is 10.1. The van der Waals surface area contributed by atoms with E-state index in [0.717, 1.165) is 18.1 Å². The Labute approximate surface area is 118 Å². The van der Waals surface area contributed by atoms with Crippen molar-refractivity contribution >= 4 is 26.9 Å². The van der Waals surface area contributed by atoms with Gasteiger partial charge in [0.2, 0.25) is 5.82 Å². The van der Waals surface area contributed by atoms with Gasteiger partial charge in [-0.3, -0.25) is 0 Å². The molecule has 1 heterocycles. The average Bonchev–Trinajstić information content (AvgIpc) is 3.13. The second-order valence-corrected chi connectivity index (χ2v) is 5.73. The number of furan rings is 1. The van der Waals surface area contributed by atoms with E-state index in [1.165, 1.54) is 12.8 Å². The summed E-state index contributed by atoms with van der Waals surface area (Å²) in [6.45, 7) is 2.55. The van der Waals surface area contributed by atoms with E-state index in [9.17, 15) is 8.78 Å². The zero-order valence-corrected chi connectivity index (χ0v) is 12.1. The zero-order chi connectivity index (χ0) is 13.6. The highest BCUT2D eigenvalue weighted by Gasteiger charge is 2.24. The predicted molar refractivity (Wildman–Crippen MR) is 73.1 cm³/mol. The van der Waals surface area contributed by atoms with Crippen molar-refractivity contribution < 1.29 is 13.2 Å². The standard InChI is InChI=1S/C14H14BrF2NO/c1-2-8-11(6-18-7-3-4-7)19-14-12(8)9(15)5-10(16)13(14)17/h5,7,18H,2-4,6H2,1H3. The number of benzene rings is 1. The Balaban J connectivity index is 2.11. The van der Waals surface area contributed by atoms with Crippen molar-refractivity contribution in [1.82, 2.24) is 5.32 Å². The molecular weight excluding hydrogens is 316 g/mol. The van der Waals surface area contributed by atoms with Gasteiger partial charge in [-0.05, 0) is 41.3 Å². The number of hydrogen-bond donors (Lipinski definition) is 1. The van der Waals surface area contributed by atoms with Crippen LogP contribution in [0.15, 0.2) is 15.0 Å². The molecule has 0 bridgehead atoms. The van der Waals surface area contributed by atoms with Crippen LogP contribution in [0.4, 0.5) is 8.78 Å². The maximum Gasteiger partial charge on any atom is 0.201 e. The third-order valence-corrected chi connectivity index (χ3v) is 4.10. The van der Waals surface area contributed by atoms with Crippen LogP contribution in [0.2, 0.25) is 0 Å². The summed E-state index contributed by atoms with van der Waals surface area (Å²) in [6.07, 6.45) is 3.07. The van der Waals surface area contributed by atoms with Crippen molar-refractivity contribution in [2.45, 2.75) is 38.8 Å². The van der Waals surface area contributed by atoms with Crippen molar-refractivity contribution in [3.63, 3.8) is 0 Å². The molecule has 1 aliphatic carbocycles. The predicted octanol–water partition coefficient (Wildman–Crippen LogP) is 4.29. The summed E-state index contributed by atoms with van der Waals surface area (Å²) in [5.74, 6) is -1.10. The Morgan fingerprint density at radius 1 is 1.42 bits per heavy atom. The van der Waals surface area contributed by atoms with Gasteiger partial charge in [0.1, 0.15) is 5.76 Å². The normalized spacial score (nSPS) is 15.4. The summed E-state index contributed by atoms with van der Waals surface area (Å²) in [6, 6.07) is 1.70. The lowest BCUT2D eigenvalue weighted by Gasteiger charge is -2.02. The van der Waals surface area contributed by atoms with E-state index in [0.29, 0.717) is 28.2 Å². The number of halogens is 3. The Bertz CT molecular complexity index is 634. The minimum absolute atomic E-state index is 0.0105. The fourth-order valence-corrected chi connectivity index (χ4v) is 2.94. The maximum atomic E-state index is 13.8. The first-order valence-corrected chi connectivity index (χ1v) is 7.22. The van der Waals surface area contributed by atoms with Crippen LogP contribution >= 0.6 is 15.9 Å². The Morgan fingerprint density at radius 3 is 2.79 bits per heavy atom. The summed E-state index contributed by atoms with van der Waals surface area (Å²) in [4.78, 5) is 0. The van der Waals surface area contributed by atoms with Crippen LogP contribution in [-0.4, -0.2) is 6.04 Å². The summed E-state index contributed by atoms with van der Waals surface area (Å²) in [5.41, 5.74) is 0.949. The summed E-state index contributed by atoms with van der Waals surface area (Å²) >= 11 is 3.29. The van der Waals surface area contributed by atoms with Gasteiger partial charge in [0.25, 0.3) is 0 Å². The van der Waals surface area contributed by atoms with Crippen LogP contribution in [0, 0.1) is 11.6 Å². The molecule has 0 spiro atoms. The van der Waals surface area contributed by atoms with Crippen molar-refractivity contribution in [1.29, 1.82) is 0 Å². The van der Waals surface area contributed by atoms with E-state index in [1.54, 1.807) is 0 Å². The van der Waals surface area contributed by atoms with Gasteiger partial charge in [-0.1, -0.05) is 6.92 Å². The first-order valence-electron chi connectivity index (χ1n) is 6.43. The Morgan fingerprint density at radius 2 is 2.16 bits per heavy atom. The molecule has 0 aliphatic heterocycles. The van der Waals surface area contributed by atoms with Gasteiger partial charge in [0, 0.05) is 21.5 Å². The van der Waals surface area contributed by atoms with Crippen LogP contribution in [0.1, 0.15) is 31.1 Å². The molecule has 102 valence electrons. The molecule has 5 heteroatoms. The fourth-order valence-electron chi connectivity index (χ4n) is 2.32. The molecule has 1 fully saturated rings. The minimum atomic E-state index is -0.912. The van der Waals surface area contributed by atoms with Gasteiger partial charge in [0.05, 0.1) is 6.54 Å². The van der Waals surface area contributed by atoms with E-state index < -0.39 is 11.6 Å². The molecule has 2 aromatic rings. The first-order chi connectivity index (χ1) is 9.11. The zero-order valence-electron chi connectivity index (χ0n) is 10.5. The molecule has 19 heavy (non-hydrogen) atoms. The lowest BCUT2D eigenvalue weighted by molar-refractivity contribution is 0.466. The van der Waals surface area contributed by atoms with Gasteiger partial charge in [-0.2, -0.15) is 4.39 Å². The van der Waals surface area contributed by atoms with Gasteiger partial charge in [0.15, 0.2) is 11.4 Å². The van der Waals surface area contributed by atoms with Gasteiger partial charge in [-0.15, -0.1) is 0 Å². The number of fused-ring (bicyclic) bond motifs is 1. The average molecular weight is 330 g/mol. The van der Waals surface area contributed by atoms with Crippen LogP contribution < -0.4 is 5.32 Å². The molecule has 2 nitrogen and oxygen atoms in total. The molecule has 0 amide bonds. The molecule has 1 aliphatic rings. The van der Waals surface area contributed by atoms with Gasteiger partial charge >= 0.3 is 0 Å². The molecule has 0 radical (unpaired) electrons. The van der Waals surface area contributed by atoms with E-state index >= 15 is 0 Å². The highest BCUT2D eigenvalue weighted by atomic mass is 79.9. The molecule has 0 saturated heterocycles. The molecule has 3 rings (SSSR count). The molecule has 1 saturated carbocycles. The van der Waals surface area contributed by atoms with E-state index in [2.05, 4.69) is 21.2 Å². The highest BCUT2D eigenvalue weighted by Crippen LogP contribution is 2.36. The van der Waals surface area contributed by atoms with Gasteiger partial charge < -0.3 is 9.73 Å². The third kappa shape index (κ3) is 2.30. The lowest BCUT2D eigenvalue weighted by Crippen LogP contribution is -2.15. The second kappa shape index (κ2) is 4.87. The first kappa shape index (κ1) is 13.1. The largest absolute Gasteiger partial charge is 0.456 e.